The van der Waals surface area contributed by atoms with Crippen molar-refractivity contribution in [3.8, 4) is 0 Å². The summed E-state index contributed by atoms with van der Waals surface area (Å²) in [7, 11) is 0. The molecule has 6 heteroatoms. The highest BCUT2D eigenvalue weighted by molar-refractivity contribution is 7.16. The first-order valence-corrected chi connectivity index (χ1v) is 7.08. The Kier molecular flexibility index (Phi) is 4.24. The molecule has 0 aromatic carbocycles. The van der Waals surface area contributed by atoms with Gasteiger partial charge in [-0.25, -0.2) is 0 Å². The SMILES string of the molecule is C[C@@H](NC(=O)[C@H]1CCC(=O)NC1)c1ccc(Cl)s1. The van der Waals surface area contributed by atoms with Gasteiger partial charge in [-0.05, 0) is 25.5 Å². The zero-order valence-electron chi connectivity index (χ0n) is 10.0. The van der Waals surface area contributed by atoms with Gasteiger partial charge >= 0.3 is 0 Å². The van der Waals surface area contributed by atoms with Gasteiger partial charge in [0.15, 0.2) is 0 Å². The average Bonchev–Trinajstić information content (AvgIpc) is 2.76. The molecule has 18 heavy (non-hydrogen) atoms. The molecule has 0 aliphatic carbocycles. The molecule has 0 unspecified atom stereocenters. The van der Waals surface area contributed by atoms with Crippen LogP contribution in [0.1, 0.15) is 30.7 Å². The molecule has 1 fully saturated rings. The molecule has 2 rings (SSSR count). The van der Waals surface area contributed by atoms with Crippen LogP contribution in [0.4, 0.5) is 0 Å². The summed E-state index contributed by atoms with van der Waals surface area (Å²) in [6.07, 6.45) is 1.05. The van der Waals surface area contributed by atoms with Gasteiger partial charge in [0.1, 0.15) is 0 Å². The van der Waals surface area contributed by atoms with Gasteiger partial charge in [-0.1, -0.05) is 11.6 Å². The van der Waals surface area contributed by atoms with E-state index < -0.39 is 0 Å². The van der Waals surface area contributed by atoms with Gasteiger partial charge in [0.25, 0.3) is 0 Å². The summed E-state index contributed by atoms with van der Waals surface area (Å²) in [6, 6.07) is 3.69. The zero-order chi connectivity index (χ0) is 13.1. The largest absolute Gasteiger partial charge is 0.355 e. The van der Waals surface area contributed by atoms with Gasteiger partial charge in [-0.3, -0.25) is 9.59 Å². The van der Waals surface area contributed by atoms with Crippen molar-refractivity contribution in [2.75, 3.05) is 6.54 Å². The third-order valence-corrected chi connectivity index (χ3v) is 4.43. The third-order valence-electron chi connectivity index (χ3n) is 3.02. The van der Waals surface area contributed by atoms with Crippen molar-refractivity contribution in [3.63, 3.8) is 0 Å². The van der Waals surface area contributed by atoms with Gasteiger partial charge in [0.2, 0.25) is 11.8 Å². The summed E-state index contributed by atoms with van der Waals surface area (Å²) in [5, 5.41) is 5.67. The van der Waals surface area contributed by atoms with Crippen molar-refractivity contribution < 1.29 is 9.59 Å². The lowest BCUT2D eigenvalue weighted by atomic mass is 9.98. The van der Waals surface area contributed by atoms with Crippen LogP contribution in [0.3, 0.4) is 0 Å². The Bertz CT molecular complexity index is 451. The summed E-state index contributed by atoms with van der Waals surface area (Å²) < 4.78 is 0.719. The molecule has 4 nitrogen and oxygen atoms in total. The van der Waals surface area contributed by atoms with Crippen LogP contribution in [0.15, 0.2) is 12.1 Å². The Morgan fingerprint density at radius 1 is 1.61 bits per heavy atom. The van der Waals surface area contributed by atoms with E-state index in [1.807, 2.05) is 19.1 Å². The highest BCUT2D eigenvalue weighted by Crippen LogP contribution is 2.27. The van der Waals surface area contributed by atoms with Gasteiger partial charge in [-0.2, -0.15) is 0 Å². The number of halogens is 1. The number of thiophene rings is 1. The van der Waals surface area contributed by atoms with Crippen LogP contribution in [0.25, 0.3) is 0 Å². The van der Waals surface area contributed by atoms with Crippen LogP contribution in [0.5, 0.6) is 0 Å². The molecule has 1 aliphatic rings. The summed E-state index contributed by atoms with van der Waals surface area (Å²) >= 11 is 7.33. The standard InChI is InChI=1S/C12H15ClN2O2S/c1-7(9-3-4-10(13)18-9)15-12(17)8-2-5-11(16)14-6-8/h3-4,7-8H,2,5-6H2,1H3,(H,14,16)(H,15,17)/t7-,8+/m1/s1. The number of amides is 2. The fourth-order valence-corrected chi connectivity index (χ4v) is 2.98. The Morgan fingerprint density at radius 3 is 2.94 bits per heavy atom. The second-order valence-corrected chi connectivity index (χ2v) is 6.16. The lowest BCUT2D eigenvalue weighted by Crippen LogP contribution is -2.43. The molecule has 0 spiro atoms. The number of rotatable bonds is 3. The first-order chi connectivity index (χ1) is 8.56. The van der Waals surface area contributed by atoms with Crippen molar-refractivity contribution in [3.05, 3.63) is 21.3 Å². The summed E-state index contributed by atoms with van der Waals surface area (Å²) in [5.74, 6) is -0.107. The number of piperidine rings is 1. The van der Waals surface area contributed by atoms with Gasteiger partial charge in [-0.15, -0.1) is 11.3 Å². The maximum Gasteiger partial charge on any atom is 0.225 e. The van der Waals surface area contributed by atoms with Gasteiger partial charge < -0.3 is 10.6 Å². The van der Waals surface area contributed by atoms with Gasteiger partial charge in [0.05, 0.1) is 16.3 Å². The number of nitrogens with one attached hydrogen (secondary N) is 2. The lowest BCUT2D eigenvalue weighted by molar-refractivity contribution is -0.129. The molecule has 98 valence electrons. The van der Waals surface area contributed by atoms with Crippen molar-refractivity contribution in [1.82, 2.24) is 10.6 Å². The van der Waals surface area contributed by atoms with Crippen LogP contribution < -0.4 is 10.6 Å². The van der Waals surface area contributed by atoms with Crippen molar-refractivity contribution in [2.24, 2.45) is 5.92 Å². The highest BCUT2D eigenvalue weighted by atomic mass is 35.5. The van der Waals surface area contributed by atoms with Crippen LogP contribution in [0, 0.1) is 5.92 Å². The van der Waals surface area contributed by atoms with E-state index in [1.165, 1.54) is 11.3 Å². The molecule has 0 saturated carbocycles. The fourth-order valence-electron chi connectivity index (χ4n) is 1.92. The lowest BCUT2D eigenvalue weighted by Gasteiger charge is -2.23. The predicted molar refractivity (Wildman–Crippen MR) is 71.6 cm³/mol. The van der Waals surface area contributed by atoms with E-state index >= 15 is 0 Å². The molecule has 2 heterocycles. The van der Waals surface area contributed by atoms with Crippen LogP contribution in [0.2, 0.25) is 4.34 Å². The van der Waals surface area contributed by atoms with Crippen LogP contribution >= 0.6 is 22.9 Å². The van der Waals surface area contributed by atoms with E-state index in [1.54, 1.807) is 0 Å². The molecular formula is C12H15ClN2O2S. The molecule has 2 atom stereocenters. The molecule has 1 saturated heterocycles. The van der Waals surface area contributed by atoms with E-state index in [0.29, 0.717) is 19.4 Å². The number of carbonyl (C=O) groups excluding carboxylic acids is 2. The Labute approximate surface area is 115 Å². The third kappa shape index (κ3) is 3.23. The van der Waals surface area contributed by atoms with E-state index in [4.69, 9.17) is 11.6 Å². The van der Waals surface area contributed by atoms with E-state index in [0.717, 1.165) is 9.21 Å². The minimum Gasteiger partial charge on any atom is -0.355 e. The molecular weight excluding hydrogens is 272 g/mol. The normalized spacial score (nSPS) is 21.2. The first-order valence-electron chi connectivity index (χ1n) is 5.88. The smallest absolute Gasteiger partial charge is 0.225 e. The topological polar surface area (TPSA) is 58.2 Å². The number of carbonyl (C=O) groups is 2. The molecule has 1 aromatic heterocycles. The number of hydrogen-bond donors (Lipinski definition) is 2. The maximum atomic E-state index is 12.0. The zero-order valence-corrected chi connectivity index (χ0v) is 11.6. The molecule has 0 radical (unpaired) electrons. The van der Waals surface area contributed by atoms with Crippen LogP contribution in [-0.2, 0) is 9.59 Å². The van der Waals surface area contributed by atoms with E-state index in [9.17, 15) is 9.59 Å². The summed E-state index contributed by atoms with van der Waals surface area (Å²) in [5.41, 5.74) is 0. The minimum atomic E-state index is -0.124. The Hall–Kier alpha value is -1.07. The van der Waals surface area contributed by atoms with Gasteiger partial charge in [0, 0.05) is 17.8 Å². The maximum absolute atomic E-state index is 12.0. The highest BCUT2D eigenvalue weighted by Gasteiger charge is 2.25. The average molecular weight is 287 g/mol. The second kappa shape index (κ2) is 5.71. The molecule has 2 amide bonds. The first kappa shape index (κ1) is 13.4. The van der Waals surface area contributed by atoms with E-state index in [2.05, 4.69) is 10.6 Å². The van der Waals surface area contributed by atoms with Crippen molar-refractivity contribution in [1.29, 1.82) is 0 Å². The minimum absolute atomic E-state index is 0.00739. The number of hydrogen-bond acceptors (Lipinski definition) is 3. The molecule has 1 aromatic rings. The summed E-state index contributed by atoms with van der Waals surface area (Å²) in [6.45, 7) is 2.37. The predicted octanol–water partition coefficient (Wildman–Crippen LogP) is 2.10. The molecule has 2 N–H and O–H groups in total. The summed E-state index contributed by atoms with van der Waals surface area (Å²) in [4.78, 5) is 24.1. The van der Waals surface area contributed by atoms with Crippen molar-refractivity contribution >= 4 is 34.8 Å². The van der Waals surface area contributed by atoms with Crippen LogP contribution in [-0.4, -0.2) is 18.4 Å². The fraction of sp³-hybridized carbons (Fsp3) is 0.500. The Balaban J connectivity index is 1.89. The van der Waals surface area contributed by atoms with Crippen molar-refractivity contribution in [2.45, 2.75) is 25.8 Å². The Morgan fingerprint density at radius 2 is 2.39 bits per heavy atom. The van der Waals surface area contributed by atoms with E-state index in [-0.39, 0.29) is 23.8 Å². The molecule has 0 bridgehead atoms. The monoisotopic (exact) mass is 286 g/mol. The molecule has 1 aliphatic heterocycles. The quantitative estimate of drug-likeness (QED) is 0.894. The second-order valence-electron chi connectivity index (χ2n) is 4.41.